The molecule has 0 spiro atoms. The first-order chi connectivity index (χ1) is 19.7. The molecule has 3 aromatic rings. The first-order valence-corrected chi connectivity index (χ1v) is 15.0. The Morgan fingerprint density at radius 2 is 1.93 bits per heavy atom. The van der Waals surface area contributed by atoms with Crippen molar-refractivity contribution in [1.82, 2.24) is 14.8 Å². The molecule has 2 aromatic carbocycles. The minimum atomic E-state index is -0.390. The van der Waals surface area contributed by atoms with Gasteiger partial charge in [-0.1, -0.05) is 26.8 Å². The van der Waals surface area contributed by atoms with E-state index in [1.165, 1.54) is 11.3 Å². The lowest BCUT2D eigenvalue weighted by Crippen LogP contribution is -2.47. The van der Waals surface area contributed by atoms with Crippen LogP contribution in [0.1, 0.15) is 78.3 Å². The summed E-state index contributed by atoms with van der Waals surface area (Å²) in [5.41, 5.74) is 12.9. The van der Waals surface area contributed by atoms with Crippen molar-refractivity contribution < 1.29 is 9.59 Å². The van der Waals surface area contributed by atoms with Crippen LogP contribution in [0.15, 0.2) is 30.3 Å². The van der Waals surface area contributed by atoms with Gasteiger partial charge in [0, 0.05) is 85.0 Å². The quantitative estimate of drug-likeness (QED) is 0.480. The molecule has 1 atom stereocenters. The van der Waals surface area contributed by atoms with Gasteiger partial charge in [0.25, 0.3) is 0 Å². The highest BCUT2D eigenvalue weighted by Crippen LogP contribution is 2.45. The topological polar surface area (TPSA) is 109 Å². The van der Waals surface area contributed by atoms with Gasteiger partial charge in [0.2, 0.25) is 5.91 Å². The number of nitrogens with two attached hydrogens (primary N) is 1. The van der Waals surface area contributed by atoms with Gasteiger partial charge in [-0.25, -0.2) is 0 Å². The van der Waals surface area contributed by atoms with Crippen molar-refractivity contribution in [3.63, 3.8) is 0 Å². The van der Waals surface area contributed by atoms with Gasteiger partial charge in [0.15, 0.2) is 5.78 Å². The summed E-state index contributed by atoms with van der Waals surface area (Å²) < 4.78 is 0. The maximum Gasteiger partial charge on any atom is 0.222 e. The molecule has 6 rings (SSSR count). The van der Waals surface area contributed by atoms with Crippen LogP contribution in [-0.4, -0.2) is 78.3 Å². The fourth-order valence-corrected chi connectivity index (χ4v) is 6.99. The first kappa shape index (κ1) is 27.5. The molecule has 1 aliphatic carbocycles. The second-order valence-electron chi connectivity index (χ2n) is 12.4. The molecule has 2 aliphatic heterocycles. The third kappa shape index (κ3) is 4.81. The number of benzene rings is 2. The van der Waals surface area contributed by atoms with Crippen LogP contribution in [-0.2, 0) is 16.6 Å². The van der Waals surface area contributed by atoms with E-state index < -0.39 is 0 Å². The minimum absolute atomic E-state index is 0.0572. The number of nitrogens with zero attached hydrogens (tertiary/aromatic N) is 4. The Morgan fingerprint density at radius 3 is 2.61 bits per heavy atom. The third-order valence-corrected chi connectivity index (χ3v) is 9.45. The van der Waals surface area contributed by atoms with Crippen molar-refractivity contribution in [2.24, 2.45) is 5.73 Å². The number of likely N-dealkylation sites (tertiary alicyclic amines) is 1. The number of H-pyrrole nitrogens is 1. The zero-order valence-electron chi connectivity index (χ0n) is 24.4. The van der Waals surface area contributed by atoms with Crippen molar-refractivity contribution >= 4 is 28.3 Å². The smallest absolute Gasteiger partial charge is 0.222 e. The van der Waals surface area contributed by atoms with E-state index in [-0.39, 0.29) is 23.1 Å². The van der Waals surface area contributed by atoms with Crippen LogP contribution in [0.2, 0.25) is 0 Å². The Morgan fingerprint density at radius 1 is 1.15 bits per heavy atom. The molecular weight excluding hydrogens is 512 g/mol. The number of hydrogen-bond donors (Lipinski definition) is 2. The highest BCUT2D eigenvalue weighted by molar-refractivity contribution is 6.20. The average Bonchev–Trinajstić information content (AvgIpc) is 3.60. The summed E-state index contributed by atoms with van der Waals surface area (Å²) in [6.07, 6.45) is 3.23. The number of carbonyl (C=O) groups is 2. The number of amides is 1. The molecule has 2 saturated heterocycles. The van der Waals surface area contributed by atoms with E-state index in [0.717, 1.165) is 91.8 Å². The van der Waals surface area contributed by atoms with Gasteiger partial charge in [-0.3, -0.25) is 14.5 Å². The van der Waals surface area contributed by atoms with Crippen molar-refractivity contribution in [3.8, 4) is 6.07 Å². The monoisotopic (exact) mass is 552 g/mol. The van der Waals surface area contributed by atoms with E-state index in [2.05, 4.69) is 53.8 Å². The SMILES string of the molecule is CCc1cc2c(cc1N1CCN(CCCC(=O)N3CC[C@@H](N)C3)CC1)C(C)(C)c1[nH]c3cc(C#N)ccc3c1C2=O. The third-order valence-electron chi connectivity index (χ3n) is 9.45. The first-order valence-electron chi connectivity index (χ1n) is 15.0. The van der Waals surface area contributed by atoms with Gasteiger partial charge < -0.3 is 20.5 Å². The van der Waals surface area contributed by atoms with Crippen LogP contribution in [0.25, 0.3) is 10.9 Å². The highest BCUT2D eigenvalue weighted by Gasteiger charge is 2.40. The van der Waals surface area contributed by atoms with E-state index in [1.807, 2.05) is 17.0 Å². The molecule has 0 radical (unpaired) electrons. The second-order valence-corrected chi connectivity index (χ2v) is 12.4. The van der Waals surface area contributed by atoms with Crippen molar-refractivity contribution in [3.05, 3.63) is 63.8 Å². The predicted molar refractivity (Wildman–Crippen MR) is 161 cm³/mol. The molecule has 1 aromatic heterocycles. The van der Waals surface area contributed by atoms with Gasteiger partial charge in [0.1, 0.15) is 0 Å². The summed E-state index contributed by atoms with van der Waals surface area (Å²) >= 11 is 0. The van der Waals surface area contributed by atoms with Crippen LogP contribution < -0.4 is 10.6 Å². The molecule has 214 valence electrons. The molecule has 3 aliphatic rings. The molecule has 1 amide bonds. The van der Waals surface area contributed by atoms with Crippen molar-refractivity contribution in [2.75, 3.05) is 50.7 Å². The maximum atomic E-state index is 13.9. The summed E-state index contributed by atoms with van der Waals surface area (Å²) in [6, 6.07) is 12.2. The lowest BCUT2D eigenvalue weighted by molar-refractivity contribution is -0.130. The molecule has 41 heavy (non-hydrogen) atoms. The zero-order chi connectivity index (χ0) is 28.9. The van der Waals surface area contributed by atoms with E-state index >= 15 is 0 Å². The average molecular weight is 553 g/mol. The molecule has 0 bridgehead atoms. The lowest BCUT2D eigenvalue weighted by Gasteiger charge is -2.39. The zero-order valence-corrected chi connectivity index (χ0v) is 24.4. The maximum absolute atomic E-state index is 13.9. The summed E-state index contributed by atoms with van der Waals surface area (Å²) in [6.45, 7) is 12.7. The van der Waals surface area contributed by atoms with Crippen molar-refractivity contribution in [1.29, 1.82) is 5.26 Å². The lowest BCUT2D eigenvalue weighted by atomic mass is 9.70. The predicted octanol–water partition coefficient (Wildman–Crippen LogP) is 3.93. The molecule has 3 heterocycles. The van der Waals surface area contributed by atoms with Gasteiger partial charge in [0.05, 0.1) is 17.2 Å². The van der Waals surface area contributed by atoms with Gasteiger partial charge in [-0.2, -0.15) is 5.26 Å². The highest BCUT2D eigenvalue weighted by atomic mass is 16.2. The van der Waals surface area contributed by atoms with Crippen LogP contribution in [0, 0.1) is 11.3 Å². The number of fused-ring (bicyclic) bond motifs is 4. The van der Waals surface area contributed by atoms with E-state index in [1.54, 1.807) is 6.07 Å². The Labute approximate surface area is 242 Å². The largest absolute Gasteiger partial charge is 0.369 e. The Hall–Kier alpha value is -3.67. The van der Waals surface area contributed by atoms with Crippen LogP contribution in [0.5, 0.6) is 0 Å². The minimum Gasteiger partial charge on any atom is -0.369 e. The number of nitrogens with one attached hydrogen (secondary N) is 1. The van der Waals surface area contributed by atoms with Crippen LogP contribution in [0.4, 0.5) is 5.69 Å². The number of rotatable bonds is 6. The Bertz CT molecular complexity index is 1560. The molecule has 8 heteroatoms. The number of piperazine rings is 1. The Kier molecular flexibility index (Phi) is 7.13. The van der Waals surface area contributed by atoms with Gasteiger partial charge >= 0.3 is 0 Å². The molecule has 0 saturated carbocycles. The number of nitriles is 1. The molecular formula is C33H40N6O2. The number of aromatic amines is 1. The van der Waals surface area contributed by atoms with E-state index in [0.29, 0.717) is 18.5 Å². The fourth-order valence-electron chi connectivity index (χ4n) is 6.99. The Balaban J connectivity index is 1.19. The summed E-state index contributed by atoms with van der Waals surface area (Å²) in [5, 5.41) is 10.3. The number of aromatic nitrogens is 1. The van der Waals surface area contributed by atoms with Gasteiger partial charge in [-0.05, 0) is 61.2 Å². The number of aryl methyl sites for hydroxylation is 1. The summed E-state index contributed by atoms with van der Waals surface area (Å²) in [7, 11) is 0. The van der Waals surface area contributed by atoms with Crippen LogP contribution >= 0.6 is 0 Å². The number of carbonyl (C=O) groups excluding carboxylic acids is 2. The van der Waals surface area contributed by atoms with Crippen molar-refractivity contribution in [2.45, 2.75) is 57.9 Å². The van der Waals surface area contributed by atoms with Gasteiger partial charge in [-0.15, -0.1) is 0 Å². The molecule has 0 unspecified atom stereocenters. The summed E-state index contributed by atoms with van der Waals surface area (Å²) in [4.78, 5) is 36.8. The standard InChI is InChI=1S/C33H40N6O2/c1-4-22-17-25-26(33(2,3)32-30(31(25)41)24-8-7-21(19-34)16-27(24)36-32)18-28(22)38-14-12-37(13-15-38)10-5-6-29(40)39-11-9-23(35)20-39/h7-8,16-18,23,36H,4-6,9-15,20,35H2,1-3H3/t23-/m1/s1. The van der Waals surface area contributed by atoms with Crippen LogP contribution in [0.3, 0.4) is 0 Å². The number of hydrogen-bond acceptors (Lipinski definition) is 6. The normalized spacial score (nSPS) is 20.3. The fraction of sp³-hybridized carbons (Fsp3) is 0.485. The second kappa shape index (κ2) is 10.6. The van der Waals surface area contributed by atoms with E-state index in [4.69, 9.17) is 5.73 Å². The molecule has 8 nitrogen and oxygen atoms in total. The van der Waals surface area contributed by atoms with E-state index in [9.17, 15) is 14.9 Å². The number of ketones is 1. The molecule has 2 fully saturated rings. The summed E-state index contributed by atoms with van der Waals surface area (Å²) in [5.74, 6) is 0.292. The molecule has 3 N–H and O–H groups in total. The number of anilines is 1.